The molecule has 2 aromatic rings. The standard InChI is InChI=1S/C12H16N6/c13-9-3-4-17(6-9)11-5-10(8-1-2-8)16-12-14-7-15-18(11)12/h5,7-9H,1-4,6,13H2. The predicted molar refractivity (Wildman–Crippen MR) is 67.6 cm³/mol. The molecule has 1 atom stereocenters. The zero-order chi connectivity index (χ0) is 12.1. The second kappa shape index (κ2) is 3.65. The molecule has 0 spiro atoms. The van der Waals surface area contributed by atoms with Gasteiger partial charge >= 0.3 is 0 Å². The molecule has 4 rings (SSSR count). The highest BCUT2D eigenvalue weighted by Gasteiger charge is 2.28. The lowest BCUT2D eigenvalue weighted by molar-refractivity contribution is 0.748. The Bertz CT molecular complexity index is 587. The lowest BCUT2D eigenvalue weighted by atomic mass is 10.2. The van der Waals surface area contributed by atoms with Crippen molar-refractivity contribution in [1.82, 2.24) is 19.6 Å². The molecular formula is C12H16N6. The maximum absolute atomic E-state index is 5.99. The summed E-state index contributed by atoms with van der Waals surface area (Å²) in [7, 11) is 0. The number of rotatable bonds is 2. The fraction of sp³-hybridized carbons (Fsp3) is 0.583. The van der Waals surface area contributed by atoms with Gasteiger partial charge in [0.2, 0.25) is 0 Å². The van der Waals surface area contributed by atoms with Gasteiger partial charge in [-0.25, -0.2) is 4.98 Å². The molecule has 94 valence electrons. The quantitative estimate of drug-likeness (QED) is 0.834. The number of hydrogen-bond acceptors (Lipinski definition) is 5. The summed E-state index contributed by atoms with van der Waals surface area (Å²) in [4.78, 5) is 11.1. The molecule has 0 amide bonds. The van der Waals surface area contributed by atoms with Crippen LogP contribution in [0.1, 0.15) is 30.9 Å². The normalized spacial score (nSPS) is 24.1. The maximum Gasteiger partial charge on any atom is 0.254 e. The average molecular weight is 244 g/mol. The van der Waals surface area contributed by atoms with E-state index in [1.807, 2.05) is 4.52 Å². The fourth-order valence-corrected chi connectivity index (χ4v) is 2.62. The van der Waals surface area contributed by atoms with Crippen LogP contribution in [0.5, 0.6) is 0 Å². The third-order valence-electron chi connectivity index (χ3n) is 3.80. The summed E-state index contributed by atoms with van der Waals surface area (Å²) in [5.41, 5.74) is 7.15. The first kappa shape index (κ1) is 10.3. The van der Waals surface area contributed by atoms with Gasteiger partial charge in [-0.3, -0.25) is 0 Å². The molecular weight excluding hydrogens is 228 g/mol. The molecule has 2 fully saturated rings. The van der Waals surface area contributed by atoms with Crippen molar-refractivity contribution in [2.24, 2.45) is 5.73 Å². The van der Waals surface area contributed by atoms with Crippen LogP contribution in [0.2, 0.25) is 0 Å². The van der Waals surface area contributed by atoms with E-state index in [1.54, 1.807) is 6.33 Å². The summed E-state index contributed by atoms with van der Waals surface area (Å²) < 4.78 is 1.82. The van der Waals surface area contributed by atoms with E-state index in [4.69, 9.17) is 5.73 Å². The highest BCUT2D eigenvalue weighted by Crippen LogP contribution is 2.40. The minimum Gasteiger partial charge on any atom is -0.355 e. The SMILES string of the molecule is NC1CCN(c2cc(C3CC3)nc3ncnn23)C1. The van der Waals surface area contributed by atoms with E-state index < -0.39 is 0 Å². The molecule has 18 heavy (non-hydrogen) atoms. The number of fused-ring (bicyclic) bond motifs is 1. The number of anilines is 1. The van der Waals surface area contributed by atoms with Crippen LogP contribution in [0.15, 0.2) is 12.4 Å². The molecule has 0 bridgehead atoms. The molecule has 1 aliphatic carbocycles. The van der Waals surface area contributed by atoms with Crippen molar-refractivity contribution in [3.05, 3.63) is 18.1 Å². The smallest absolute Gasteiger partial charge is 0.254 e. The molecule has 2 aromatic heterocycles. The summed E-state index contributed by atoms with van der Waals surface area (Å²) in [6, 6.07) is 2.43. The van der Waals surface area contributed by atoms with Crippen molar-refractivity contribution in [2.45, 2.75) is 31.2 Å². The Morgan fingerprint density at radius 3 is 2.89 bits per heavy atom. The van der Waals surface area contributed by atoms with E-state index >= 15 is 0 Å². The molecule has 1 unspecified atom stereocenters. The van der Waals surface area contributed by atoms with Crippen molar-refractivity contribution in [1.29, 1.82) is 0 Å². The van der Waals surface area contributed by atoms with E-state index in [-0.39, 0.29) is 6.04 Å². The van der Waals surface area contributed by atoms with Gasteiger partial charge in [-0.05, 0) is 19.3 Å². The Morgan fingerprint density at radius 1 is 1.28 bits per heavy atom. The van der Waals surface area contributed by atoms with E-state index in [9.17, 15) is 0 Å². The van der Waals surface area contributed by atoms with Crippen LogP contribution in [0, 0.1) is 0 Å². The third-order valence-corrected chi connectivity index (χ3v) is 3.80. The zero-order valence-electron chi connectivity index (χ0n) is 10.2. The van der Waals surface area contributed by atoms with Gasteiger partial charge in [0.1, 0.15) is 12.1 Å². The van der Waals surface area contributed by atoms with Gasteiger partial charge in [0, 0.05) is 31.1 Å². The first-order valence-corrected chi connectivity index (χ1v) is 6.52. The molecule has 1 saturated carbocycles. The van der Waals surface area contributed by atoms with Gasteiger partial charge in [-0.2, -0.15) is 14.6 Å². The zero-order valence-corrected chi connectivity index (χ0v) is 10.2. The largest absolute Gasteiger partial charge is 0.355 e. The number of hydrogen-bond donors (Lipinski definition) is 1. The van der Waals surface area contributed by atoms with Crippen molar-refractivity contribution in [3.63, 3.8) is 0 Å². The molecule has 6 nitrogen and oxygen atoms in total. The van der Waals surface area contributed by atoms with Crippen LogP contribution in [0.25, 0.3) is 5.78 Å². The van der Waals surface area contributed by atoms with E-state index in [0.717, 1.165) is 31.0 Å². The average Bonchev–Trinajstić information content (AvgIpc) is 2.96. The van der Waals surface area contributed by atoms with Crippen molar-refractivity contribution in [3.8, 4) is 0 Å². The van der Waals surface area contributed by atoms with Crippen LogP contribution >= 0.6 is 0 Å². The van der Waals surface area contributed by atoms with Crippen molar-refractivity contribution >= 4 is 11.6 Å². The fourth-order valence-electron chi connectivity index (χ4n) is 2.62. The molecule has 0 radical (unpaired) electrons. The Kier molecular flexibility index (Phi) is 2.08. The van der Waals surface area contributed by atoms with Crippen LogP contribution in [0.3, 0.4) is 0 Å². The molecule has 1 aliphatic heterocycles. The lowest BCUT2D eigenvalue weighted by Crippen LogP contribution is -2.28. The summed E-state index contributed by atoms with van der Waals surface area (Å²) in [5.74, 6) is 2.42. The first-order chi connectivity index (χ1) is 8.81. The summed E-state index contributed by atoms with van der Waals surface area (Å²) >= 11 is 0. The van der Waals surface area contributed by atoms with Crippen LogP contribution in [-0.2, 0) is 0 Å². The molecule has 2 aliphatic rings. The molecule has 3 heterocycles. The highest BCUT2D eigenvalue weighted by atomic mass is 15.4. The first-order valence-electron chi connectivity index (χ1n) is 6.52. The maximum atomic E-state index is 5.99. The van der Waals surface area contributed by atoms with Crippen molar-refractivity contribution < 1.29 is 0 Å². The van der Waals surface area contributed by atoms with E-state index in [1.165, 1.54) is 12.8 Å². The third kappa shape index (κ3) is 1.56. The second-order valence-electron chi connectivity index (χ2n) is 5.28. The van der Waals surface area contributed by atoms with Crippen LogP contribution < -0.4 is 10.6 Å². The molecule has 2 N–H and O–H groups in total. The molecule has 0 aromatic carbocycles. The van der Waals surface area contributed by atoms with Crippen LogP contribution in [-0.4, -0.2) is 38.7 Å². The van der Waals surface area contributed by atoms with Gasteiger partial charge in [0.15, 0.2) is 0 Å². The van der Waals surface area contributed by atoms with Gasteiger partial charge in [0.05, 0.1) is 5.69 Å². The van der Waals surface area contributed by atoms with E-state index in [0.29, 0.717) is 11.7 Å². The predicted octanol–water partition coefficient (Wildman–Crippen LogP) is 0.539. The number of nitrogens with two attached hydrogens (primary N) is 1. The Balaban J connectivity index is 1.83. The Morgan fingerprint density at radius 2 is 2.17 bits per heavy atom. The topological polar surface area (TPSA) is 72.3 Å². The Labute approximate surface area is 105 Å². The molecule has 6 heteroatoms. The van der Waals surface area contributed by atoms with Gasteiger partial charge in [-0.1, -0.05) is 0 Å². The summed E-state index contributed by atoms with van der Waals surface area (Å²) in [5, 5.41) is 4.27. The number of aromatic nitrogens is 4. The van der Waals surface area contributed by atoms with Crippen molar-refractivity contribution in [2.75, 3.05) is 18.0 Å². The van der Waals surface area contributed by atoms with Gasteiger partial charge in [0.25, 0.3) is 5.78 Å². The molecule has 1 saturated heterocycles. The highest BCUT2D eigenvalue weighted by molar-refractivity contribution is 5.49. The second-order valence-corrected chi connectivity index (χ2v) is 5.28. The Hall–Kier alpha value is -1.69. The number of nitrogens with zero attached hydrogens (tertiary/aromatic N) is 5. The minimum atomic E-state index is 0.265. The minimum absolute atomic E-state index is 0.265. The van der Waals surface area contributed by atoms with Crippen LogP contribution in [0.4, 0.5) is 5.82 Å². The van der Waals surface area contributed by atoms with Gasteiger partial charge in [-0.15, -0.1) is 0 Å². The summed E-state index contributed by atoms with van der Waals surface area (Å²) in [6.45, 7) is 1.88. The lowest BCUT2D eigenvalue weighted by Gasteiger charge is -2.19. The van der Waals surface area contributed by atoms with Gasteiger partial charge < -0.3 is 10.6 Å². The monoisotopic (exact) mass is 244 g/mol. The van der Waals surface area contributed by atoms with E-state index in [2.05, 4.69) is 26.0 Å². The summed E-state index contributed by atoms with van der Waals surface area (Å²) in [6.07, 6.45) is 5.10.